The van der Waals surface area contributed by atoms with Crippen molar-refractivity contribution in [1.29, 1.82) is 0 Å². The molecule has 2 heterocycles. The molecule has 3 rings (SSSR count). The van der Waals surface area contributed by atoms with Gasteiger partial charge in [0, 0.05) is 5.92 Å². The van der Waals surface area contributed by atoms with Gasteiger partial charge in [-0.15, -0.1) is 10.2 Å². The van der Waals surface area contributed by atoms with Crippen LogP contribution >= 0.6 is 11.3 Å². The van der Waals surface area contributed by atoms with E-state index in [0.29, 0.717) is 18.2 Å². The van der Waals surface area contributed by atoms with Crippen LogP contribution in [0.2, 0.25) is 0 Å². The molecular weight excluding hydrogens is 272 g/mol. The van der Waals surface area contributed by atoms with Gasteiger partial charge in [-0.2, -0.15) is 4.98 Å². The van der Waals surface area contributed by atoms with Gasteiger partial charge in [0.15, 0.2) is 0 Å². The summed E-state index contributed by atoms with van der Waals surface area (Å²) in [5.41, 5.74) is 1.28. The molecule has 5 nitrogen and oxygen atoms in total. The number of hydrogen-bond acceptors (Lipinski definition) is 5. The highest BCUT2D eigenvalue weighted by Crippen LogP contribution is 2.21. The number of aromatic nitrogens is 4. The Kier molecular flexibility index (Phi) is 3.31. The zero-order valence-corrected chi connectivity index (χ0v) is 12.1. The minimum Gasteiger partial charge on any atom is -0.283 e. The first-order valence-electron chi connectivity index (χ1n) is 6.43. The van der Waals surface area contributed by atoms with Gasteiger partial charge >= 0.3 is 5.69 Å². The molecule has 0 saturated carbocycles. The van der Waals surface area contributed by atoms with E-state index < -0.39 is 0 Å². The van der Waals surface area contributed by atoms with Crippen LogP contribution in [0.4, 0.5) is 0 Å². The second kappa shape index (κ2) is 5.13. The van der Waals surface area contributed by atoms with E-state index in [2.05, 4.69) is 29.0 Å². The normalized spacial score (nSPS) is 11.3. The topological polar surface area (TPSA) is 60.7 Å². The number of nitrogens with zero attached hydrogens (tertiary/aromatic N) is 4. The smallest absolute Gasteiger partial charge is 0.283 e. The number of imidazole rings is 1. The first-order chi connectivity index (χ1) is 9.65. The summed E-state index contributed by atoms with van der Waals surface area (Å²) in [5.74, 6) is 0.352. The maximum absolute atomic E-state index is 12.0. The lowest BCUT2D eigenvalue weighted by atomic mass is 10.2. The molecule has 1 aliphatic heterocycles. The van der Waals surface area contributed by atoms with E-state index in [4.69, 9.17) is 0 Å². The second-order valence-corrected chi connectivity index (χ2v) is 5.94. The van der Waals surface area contributed by atoms with Crippen molar-refractivity contribution in [2.45, 2.75) is 26.3 Å². The molecule has 102 valence electrons. The van der Waals surface area contributed by atoms with Gasteiger partial charge in [-0.05, 0) is 12.1 Å². The van der Waals surface area contributed by atoms with Crippen LogP contribution in [0.25, 0.3) is 11.4 Å². The van der Waals surface area contributed by atoms with E-state index in [1.165, 1.54) is 0 Å². The Morgan fingerprint density at radius 2 is 2.00 bits per heavy atom. The predicted molar refractivity (Wildman–Crippen MR) is 78.2 cm³/mol. The molecule has 0 aromatic carbocycles. The minimum absolute atomic E-state index is 0.243. The molecule has 1 aromatic heterocycles. The lowest BCUT2D eigenvalue weighted by Crippen LogP contribution is -2.17. The molecule has 0 spiro atoms. The Hall–Kier alpha value is -2.08. The van der Waals surface area contributed by atoms with Crippen molar-refractivity contribution in [3.05, 3.63) is 50.8 Å². The lowest BCUT2D eigenvalue weighted by molar-refractivity contribution is 0.748. The Labute approximate surface area is 120 Å². The van der Waals surface area contributed by atoms with Crippen molar-refractivity contribution in [3.63, 3.8) is 0 Å². The largest absolute Gasteiger partial charge is 0.349 e. The monoisotopic (exact) mass is 286 g/mol. The molecule has 0 bridgehead atoms. The minimum atomic E-state index is -0.243. The SMILES string of the molecule is CC(C)c1nnc(Cn2c3cccccc-3nc2=O)s1. The van der Waals surface area contributed by atoms with Gasteiger partial charge in [-0.1, -0.05) is 43.4 Å². The number of hydrogen-bond donors (Lipinski definition) is 0. The summed E-state index contributed by atoms with van der Waals surface area (Å²) in [6, 6.07) is 9.43. The molecule has 0 amide bonds. The van der Waals surface area contributed by atoms with E-state index in [1.807, 2.05) is 30.3 Å². The van der Waals surface area contributed by atoms with Crippen LogP contribution in [0, 0.1) is 0 Å². The number of fused-ring (bicyclic) bond motifs is 1. The summed E-state index contributed by atoms with van der Waals surface area (Å²) >= 11 is 1.54. The van der Waals surface area contributed by atoms with Crippen molar-refractivity contribution in [3.8, 4) is 11.4 Å². The summed E-state index contributed by atoms with van der Waals surface area (Å²) in [4.78, 5) is 16.0. The molecule has 0 radical (unpaired) electrons. The molecule has 6 heteroatoms. The van der Waals surface area contributed by atoms with Gasteiger partial charge in [0.1, 0.15) is 10.0 Å². The molecule has 0 saturated heterocycles. The van der Waals surface area contributed by atoms with E-state index in [0.717, 1.165) is 15.7 Å². The van der Waals surface area contributed by atoms with Gasteiger partial charge in [0.25, 0.3) is 0 Å². The van der Waals surface area contributed by atoms with E-state index in [-0.39, 0.29) is 5.69 Å². The van der Waals surface area contributed by atoms with Gasteiger partial charge in [-0.3, -0.25) is 4.57 Å². The standard InChI is InChI=1S/C14H14N4OS/c1-9(2)13-17-16-12(20-13)8-18-11-7-5-3-4-6-10(11)15-14(18)19/h3-7,9H,8H2,1-2H3. The van der Waals surface area contributed by atoms with Crippen molar-refractivity contribution in [1.82, 2.24) is 19.7 Å². The lowest BCUT2D eigenvalue weighted by Gasteiger charge is -2.00. The van der Waals surface area contributed by atoms with Crippen LogP contribution in [-0.2, 0) is 6.54 Å². The molecule has 0 fully saturated rings. The zero-order chi connectivity index (χ0) is 14.1. The molecule has 20 heavy (non-hydrogen) atoms. The average molecular weight is 286 g/mol. The van der Waals surface area contributed by atoms with Gasteiger partial charge in [0.2, 0.25) is 0 Å². The quantitative estimate of drug-likeness (QED) is 0.741. The first-order valence-corrected chi connectivity index (χ1v) is 7.24. The third-order valence-electron chi connectivity index (χ3n) is 3.00. The van der Waals surface area contributed by atoms with Gasteiger partial charge in [0.05, 0.1) is 17.9 Å². The van der Waals surface area contributed by atoms with Crippen LogP contribution in [-0.4, -0.2) is 19.7 Å². The van der Waals surface area contributed by atoms with Crippen molar-refractivity contribution < 1.29 is 0 Å². The fraction of sp³-hybridized carbons (Fsp3) is 0.286. The van der Waals surface area contributed by atoms with Crippen molar-refractivity contribution in [2.75, 3.05) is 0 Å². The summed E-state index contributed by atoms with van der Waals surface area (Å²) in [5, 5.41) is 10.1. The molecule has 0 atom stereocenters. The highest BCUT2D eigenvalue weighted by atomic mass is 32.1. The first kappa shape index (κ1) is 12.9. The Bertz CT molecular complexity index is 762. The maximum atomic E-state index is 12.0. The highest BCUT2D eigenvalue weighted by Gasteiger charge is 2.15. The molecule has 0 N–H and O–H groups in total. The van der Waals surface area contributed by atoms with Crippen molar-refractivity contribution in [2.24, 2.45) is 0 Å². The summed E-state index contributed by atoms with van der Waals surface area (Å²) < 4.78 is 1.64. The van der Waals surface area contributed by atoms with Gasteiger partial charge in [-0.25, -0.2) is 4.79 Å². The van der Waals surface area contributed by atoms with Gasteiger partial charge < -0.3 is 0 Å². The summed E-state index contributed by atoms with van der Waals surface area (Å²) in [6.45, 7) is 4.58. The molecule has 2 aliphatic rings. The second-order valence-electron chi connectivity index (χ2n) is 4.85. The van der Waals surface area contributed by atoms with Crippen LogP contribution < -0.4 is 5.69 Å². The Morgan fingerprint density at radius 3 is 2.75 bits per heavy atom. The molecule has 0 unspecified atom stereocenters. The summed E-state index contributed by atoms with van der Waals surface area (Å²) in [7, 11) is 0. The fourth-order valence-corrected chi connectivity index (χ4v) is 2.80. The third-order valence-corrected chi connectivity index (χ3v) is 4.21. The van der Waals surface area contributed by atoms with Crippen LogP contribution in [0.3, 0.4) is 0 Å². The Morgan fingerprint density at radius 1 is 1.20 bits per heavy atom. The fourth-order valence-electron chi connectivity index (χ4n) is 1.97. The molecule has 1 aliphatic carbocycles. The summed E-state index contributed by atoms with van der Waals surface area (Å²) in [6.07, 6.45) is 0. The maximum Gasteiger partial charge on any atom is 0.349 e. The van der Waals surface area contributed by atoms with Crippen LogP contribution in [0.5, 0.6) is 0 Å². The molecule has 1 aromatic rings. The highest BCUT2D eigenvalue weighted by molar-refractivity contribution is 7.11. The molecular formula is C14H14N4OS. The zero-order valence-electron chi connectivity index (χ0n) is 11.3. The average Bonchev–Trinajstić information content (AvgIpc) is 2.91. The third kappa shape index (κ3) is 2.34. The van der Waals surface area contributed by atoms with Crippen molar-refractivity contribution >= 4 is 11.3 Å². The van der Waals surface area contributed by atoms with E-state index in [1.54, 1.807) is 15.9 Å². The predicted octanol–water partition coefficient (Wildman–Crippen LogP) is 2.37. The van der Waals surface area contributed by atoms with Crippen LogP contribution in [0.15, 0.2) is 35.1 Å². The van der Waals surface area contributed by atoms with Crippen LogP contribution in [0.1, 0.15) is 29.8 Å². The van der Waals surface area contributed by atoms with E-state index in [9.17, 15) is 4.79 Å². The number of rotatable bonds is 3. The van der Waals surface area contributed by atoms with E-state index >= 15 is 0 Å². The Balaban J connectivity index is 1.99.